The first-order valence-corrected chi connectivity index (χ1v) is 42.2. The van der Waals surface area contributed by atoms with Crippen molar-refractivity contribution in [1.82, 2.24) is 37.2 Å². The topological polar surface area (TPSA) is 505 Å². The molecule has 7 aromatic rings. The van der Waals surface area contributed by atoms with E-state index in [0.717, 1.165) is 41.7 Å². The van der Waals surface area contributed by atoms with Crippen LogP contribution in [0.4, 0.5) is 4.79 Å². The summed E-state index contributed by atoms with van der Waals surface area (Å²) in [7, 11) is 1.07. The Hall–Kier alpha value is -14.4. The number of carbonyl (C=O) groups excluding carboxylic acids is 16. The summed E-state index contributed by atoms with van der Waals surface area (Å²) in [5, 5.41) is 17.4. The molecule has 7 N–H and O–H groups in total. The van der Waals surface area contributed by atoms with Crippen LogP contribution in [0.2, 0.25) is 0 Å². The average Bonchev–Trinajstić information content (AvgIpc) is 0.761. The van der Waals surface area contributed by atoms with Crippen LogP contribution in [-0.4, -0.2) is 233 Å². The highest BCUT2D eigenvalue weighted by atomic mass is 16.8. The van der Waals surface area contributed by atoms with Gasteiger partial charge in [-0.2, -0.15) is 0 Å². The number of esters is 9. The second-order valence-corrected chi connectivity index (χ2v) is 30.2. The minimum absolute atomic E-state index is 0.0118. The molecule has 2 saturated heterocycles. The van der Waals surface area contributed by atoms with Crippen molar-refractivity contribution >= 4 is 95.3 Å². The van der Waals surface area contributed by atoms with Crippen LogP contribution in [0.3, 0.4) is 0 Å². The number of nitrogens with one attached hydrogen (secondary N) is 7. The number of methoxy groups -OCH3 is 1. The number of hydrogen-bond acceptors (Lipinski definition) is 32. The van der Waals surface area contributed by atoms with Gasteiger partial charge in [0.15, 0.2) is 43.0 Å². The lowest BCUT2D eigenvalue weighted by Crippen LogP contribution is -2.69. The molecular formula is C94H105N7O32. The fraction of sp³-hybridized carbons (Fsp3) is 0.383. The van der Waals surface area contributed by atoms with Crippen molar-refractivity contribution in [2.24, 2.45) is 0 Å². The van der Waals surface area contributed by atoms with Crippen LogP contribution < -0.4 is 37.2 Å². The van der Waals surface area contributed by atoms with E-state index < -0.39 is 252 Å². The molecule has 133 heavy (non-hydrogen) atoms. The summed E-state index contributed by atoms with van der Waals surface area (Å²) < 4.78 is 94.5. The number of rotatable bonds is 47. The van der Waals surface area contributed by atoms with Crippen LogP contribution in [0.25, 0.3) is 0 Å². The monoisotopic (exact) mass is 1840 g/mol. The molecule has 0 radical (unpaired) electrons. The Kier molecular flexibility index (Phi) is 40.8. The van der Waals surface area contributed by atoms with Crippen LogP contribution in [0.1, 0.15) is 109 Å². The Morgan fingerprint density at radius 3 is 1.38 bits per heavy atom. The molecule has 39 heteroatoms. The molecule has 9 rings (SSSR count). The van der Waals surface area contributed by atoms with E-state index >= 15 is 4.79 Å². The lowest BCUT2D eigenvalue weighted by atomic mass is 9.94. The molecule has 0 spiro atoms. The van der Waals surface area contributed by atoms with Crippen LogP contribution >= 0.6 is 0 Å². The van der Waals surface area contributed by atoms with Gasteiger partial charge in [-0.25, -0.2) is 19.2 Å². The number of hydrogen-bond donors (Lipinski definition) is 7. The van der Waals surface area contributed by atoms with Gasteiger partial charge in [0.05, 0.1) is 63.7 Å². The second-order valence-electron chi connectivity index (χ2n) is 30.2. The number of amides is 7. The standard InChI is InChI=1S/C94H105N7O32/c1-56(120-48-63-31-17-9-18-32-63)78(91(116)118-7)101-86(111)69(43-44-76(108)122-49-64-33-19-10-20-34-64)98-87(112)70(45-77(109)123-50-65-35-21-11-22-36-65)97-75(107)46-95-85(110)71(52-119-47-62-29-15-8-16-30-62)99-88(113)72(100-94(117)126-51-66-37-23-12-24-38-66)53-125-92-79(96-57(2)102)82(132-90(115)68-41-27-14-28-42-68)80(74(130-92)55-124-89(114)67-39-25-13-26-40-67)133-93-84(129-61(6)106)83(128-60(5)105)81(127-59(4)104)73(131-93)54-121-58(3)103/h8-42,56,69-74,78-84,92-93H,43-55H2,1-7H3,(H,95,110)(H,96,102)(H,97,107)(H,98,112)(H,99,113)(H,100,117)(H,101,111)/t56-,69+,70+,71+,72+,73-,74-,78+,79-,80+,81+,82-,83+,84-,92-,93+/m1/s1. The maximum Gasteiger partial charge on any atom is 0.408 e. The summed E-state index contributed by atoms with van der Waals surface area (Å²) in [5.41, 5.74) is 2.75. The smallest absolute Gasteiger partial charge is 0.408 e. The largest absolute Gasteiger partial charge is 0.467 e. The fourth-order valence-corrected chi connectivity index (χ4v) is 13.5. The van der Waals surface area contributed by atoms with E-state index in [-0.39, 0.29) is 37.6 Å². The minimum Gasteiger partial charge on any atom is -0.467 e. The van der Waals surface area contributed by atoms with Crippen molar-refractivity contribution in [1.29, 1.82) is 0 Å². The quantitative estimate of drug-likeness (QED) is 0.0199. The van der Waals surface area contributed by atoms with E-state index in [4.69, 9.17) is 75.8 Å². The molecular weight excluding hydrogens is 1740 g/mol. The van der Waals surface area contributed by atoms with E-state index in [0.29, 0.717) is 27.8 Å². The van der Waals surface area contributed by atoms with Crippen LogP contribution in [0.5, 0.6) is 0 Å². The molecule has 0 aliphatic carbocycles. The van der Waals surface area contributed by atoms with Gasteiger partial charge in [0.25, 0.3) is 0 Å². The molecule has 7 aromatic carbocycles. The Morgan fingerprint density at radius 2 is 0.842 bits per heavy atom. The Labute approximate surface area is 764 Å². The molecule has 2 aliphatic rings. The molecule has 0 unspecified atom stereocenters. The van der Waals surface area contributed by atoms with Crippen molar-refractivity contribution in [2.75, 3.05) is 40.1 Å². The van der Waals surface area contributed by atoms with Crippen LogP contribution in [0, 0.1) is 0 Å². The highest BCUT2D eigenvalue weighted by Crippen LogP contribution is 2.36. The summed E-state index contributed by atoms with van der Waals surface area (Å²) in [4.78, 5) is 224. The summed E-state index contributed by atoms with van der Waals surface area (Å²) in [6, 6.07) is 46.0. The van der Waals surface area contributed by atoms with Gasteiger partial charge in [0.1, 0.15) is 81.6 Å². The molecule has 2 aliphatic heterocycles. The summed E-state index contributed by atoms with van der Waals surface area (Å²) in [6.07, 6.45) is -21.7. The highest BCUT2D eigenvalue weighted by molar-refractivity contribution is 5.97. The van der Waals surface area contributed by atoms with Crippen LogP contribution in [0.15, 0.2) is 212 Å². The Bertz CT molecular complexity index is 5030. The summed E-state index contributed by atoms with van der Waals surface area (Å²) in [5.74, 6) is -15.8. The normalized spacial score (nSPS) is 19.1. The van der Waals surface area contributed by atoms with Crippen molar-refractivity contribution in [3.05, 3.63) is 251 Å². The molecule has 0 saturated carbocycles. The van der Waals surface area contributed by atoms with Crippen molar-refractivity contribution in [3.8, 4) is 0 Å². The third-order valence-corrected chi connectivity index (χ3v) is 20.0. The van der Waals surface area contributed by atoms with Gasteiger partial charge in [-0.05, 0) is 65.4 Å². The molecule has 39 nitrogen and oxygen atoms in total. The average molecular weight is 1840 g/mol. The van der Waals surface area contributed by atoms with E-state index in [9.17, 15) is 71.9 Å². The second kappa shape index (κ2) is 53.1. The third-order valence-electron chi connectivity index (χ3n) is 20.0. The number of alkyl carbamates (subject to hydrolysis) is 1. The first kappa shape index (κ1) is 102. The van der Waals surface area contributed by atoms with Crippen molar-refractivity contribution in [2.45, 2.75) is 192 Å². The zero-order valence-electron chi connectivity index (χ0n) is 73.7. The maximum absolute atomic E-state index is 15.4. The third kappa shape index (κ3) is 34.1. The number of ether oxygens (including phenoxy) is 16. The van der Waals surface area contributed by atoms with Gasteiger partial charge < -0.3 is 113 Å². The first-order valence-electron chi connectivity index (χ1n) is 42.2. The van der Waals surface area contributed by atoms with Gasteiger partial charge in [-0.1, -0.05) is 188 Å². The molecule has 2 heterocycles. The zero-order valence-corrected chi connectivity index (χ0v) is 73.7. The van der Waals surface area contributed by atoms with Gasteiger partial charge in [-0.15, -0.1) is 0 Å². The lowest BCUT2D eigenvalue weighted by Gasteiger charge is -2.49. The molecule has 0 aromatic heterocycles. The van der Waals surface area contributed by atoms with Gasteiger partial charge in [-0.3, -0.25) is 57.5 Å². The zero-order chi connectivity index (χ0) is 95.7. The summed E-state index contributed by atoms with van der Waals surface area (Å²) in [6.45, 7) is 0.727. The van der Waals surface area contributed by atoms with E-state index in [1.807, 2.05) is 0 Å². The Morgan fingerprint density at radius 1 is 0.391 bits per heavy atom. The summed E-state index contributed by atoms with van der Waals surface area (Å²) >= 11 is 0. The minimum atomic E-state index is -2.12. The molecule has 0 bridgehead atoms. The molecule has 7 amide bonds. The lowest BCUT2D eigenvalue weighted by molar-refractivity contribution is -0.349. The number of carbonyl (C=O) groups is 16. The first-order chi connectivity index (χ1) is 64.0. The van der Waals surface area contributed by atoms with E-state index in [2.05, 4.69) is 37.2 Å². The molecule has 708 valence electrons. The van der Waals surface area contributed by atoms with Crippen LogP contribution in [-0.2, 0) is 171 Å². The predicted molar refractivity (Wildman–Crippen MR) is 461 cm³/mol. The van der Waals surface area contributed by atoms with Crippen molar-refractivity contribution in [3.63, 3.8) is 0 Å². The van der Waals surface area contributed by atoms with Gasteiger partial charge in [0.2, 0.25) is 35.4 Å². The van der Waals surface area contributed by atoms with E-state index in [1.165, 1.54) is 55.5 Å². The Balaban J connectivity index is 1.04. The van der Waals surface area contributed by atoms with Gasteiger partial charge in [0, 0.05) is 41.0 Å². The van der Waals surface area contributed by atoms with Crippen molar-refractivity contribution < 1.29 is 153 Å². The molecule has 16 atom stereocenters. The van der Waals surface area contributed by atoms with Gasteiger partial charge >= 0.3 is 59.8 Å². The SMILES string of the molecule is COC(=O)[C@@H](NC(=O)[C@H](CCC(=O)OCc1ccccc1)NC(=O)[C@H](CC(=O)OCc1ccccc1)NC(=O)CNC(=O)[C@H](COCc1ccccc1)NC(=O)[C@H](CO[C@@H]1O[C@H](COC(=O)c2ccccc2)[C@H](O[C@@H]2O[C@H](COC(C)=O)[C@H](OC(C)=O)[C@H](OC(C)=O)[C@H]2OC(C)=O)[C@H](OC(=O)c2ccccc2)[C@H]1NC(C)=O)NC(=O)OCc1ccccc1)[C@@H](C)OCc1ccccc1. The predicted octanol–water partition coefficient (Wildman–Crippen LogP) is 4.79. The highest BCUT2D eigenvalue weighted by Gasteiger charge is 2.58. The maximum atomic E-state index is 15.4. The fourth-order valence-electron chi connectivity index (χ4n) is 13.5. The molecule has 2 fully saturated rings. The van der Waals surface area contributed by atoms with E-state index in [1.54, 1.807) is 164 Å². The number of benzene rings is 7.